The largest absolute Gasteiger partial charge is 0.469 e. The van der Waals surface area contributed by atoms with E-state index in [2.05, 4.69) is 20.5 Å². The molecule has 3 rings (SSSR count). The van der Waals surface area contributed by atoms with Crippen molar-refractivity contribution >= 4 is 35.8 Å². The van der Waals surface area contributed by atoms with Gasteiger partial charge in [-0.2, -0.15) is 0 Å². The standard InChI is InChI=1S/C21H35N5O2.HI/c1-25(2)20(27)14-23-21(22-11-9-19-8-5-13-28-19)24-18-10-12-26(16-18)15-17-6-3-4-7-17;/h5,8,13,17-18H,3-4,6-7,9-12,14-16H2,1-2H3,(H2,22,23,24);1H. The summed E-state index contributed by atoms with van der Waals surface area (Å²) in [5, 5.41) is 6.90. The van der Waals surface area contributed by atoms with Gasteiger partial charge < -0.3 is 24.9 Å². The van der Waals surface area contributed by atoms with Crippen LogP contribution in [0.1, 0.15) is 37.9 Å². The zero-order valence-corrected chi connectivity index (χ0v) is 20.1. The Bertz CT molecular complexity index is 629. The number of hydrogen-bond acceptors (Lipinski definition) is 4. The lowest BCUT2D eigenvalue weighted by atomic mass is 10.1. The summed E-state index contributed by atoms with van der Waals surface area (Å²) in [6, 6.07) is 4.25. The monoisotopic (exact) mass is 517 g/mol. The number of aliphatic imine (C=N–C) groups is 1. The van der Waals surface area contributed by atoms with Crippen molar-refractivity contribution in [3.8, 4) is 0 Å². The maximum absolute atomic E-state index is 11.9. The molecule has 1 aliphatic carbocycles. The van der Waals surface area contributed by atoms with Gasteiger partial charge in [0.1, 0.15) is 12.3 Å². The summed E-state index contributed by atoms with van der Waals surface area (Å²) in [7, 11) is 3.51. The highest BCUT2D eigenvalue weighted by molar-refractivity contribution is 14.0. The number of likely N-dealkylation sites (N-methyl/N-ethyl adjacent to an activating group) is 1. The molecule has 0 bridgehead atoms. The summed E-state index contributed by atoms with van der Waals surface area (Å²) in [4.78, 5) is 20.6. The van der Waals surface area contributed by atoms with Crippen LogP contribution in [0.4, 0.5) is 0 Å². The fraction of sp³-hybridized carbons (Fsp3) is 0.714. The lowest BCUT2D eigenvalue weighted by Gasteiger charge is -2.21. The van der Waals surface area contributed by atoms with Crippen LogP contribution in [0.25, 0.3) is 0 Å². The molecule has 2 N–H and O–H groups in total. The van der Waals surface area contributed by atoms with E-state index < -0.39 is 0 Å². The van der Waals surface area contributed by atoms with Gasteiger partial charge in [-0.25, -0.2) is 4.99 Å². The van der Waals surface area contributed by atoms with Crippen molar-refractivity contribution in [3.05, 3.63) is 24.2 Å². The van der Waals surface area contributed by atoms with Crippen LogP contribution in [-0.4, -0.2) is 74.5 Å². The summed E-state index contributed by atoms with van der Waals surface area (Å²) >= 11 is 0. The SMILES string of the molecule is CN(C)C(=O)CN=C(NCCc1ccco1)NC1CCN(CC2CCCC2)C1.I. The Hall–Kier alpha value is -1.29. The Balaban J connectivity index is 0.00000300. The molecular formula is C21H36IN5O2. The number of carbonyl (C=O) groups excluding carboxylic acids is 1. The van der Waals surface area contributed by atoms with E-state index >= 15 is 0 Å². The maximum Gasteiger partial charge on any atom is 0.243 e. The Morgan fingerprint density at radius 3 is 2.79 bits per heavy atom. The number of amides is 1. The highest BCUT2D eigenvalue weighted by atomic mass is 127. The lowest BCUT2D eigenvalue weighted by Crippen LogP contribution is -2.46. The van der Waals surface area contributed by atoms with Crippen LogP contribution in [0.5, 0.6) is 0 Å². The van der Waals surface area contributed by atoms with Gasteiger partial charge in [0.2, 0.25) is 5.91 Å². The molecule has 1 unspecified atom stereocenters. The molecule has 2 heterocycles. The van der Waals surface area contributed by atoms with E-state index in [-0.39, 0.29) is 36.4 Å². The minimum absolute atomic E-state index is 0. The molecule has 1 atom stereocenters. The van der Waals surface area contributed by atoms with Crippen LogP contribution < -0.4 is 10.6 Å². The molecule has 0 spiro atoms. The van der Waals surface area contributed by atoms with Crippen LogP contribution in [0.2, 0.25) is 0 Å². The first-order valence-electron chi connectivity index (χ1n) is 10.6. The van der Waals surface area contributed by atoms with Gasteiger partial charge >= 0.3 is 0 Å². The molecule has 0 aromatic carbocycles. The van der Waals surface area contributed by atoms with Gasteiger partial charge in [0, 0.05) is 52.7 Å². The van der Waals surface area contributed by atoms with Crippen molar-refractivity contribution < 1.29 is 9.21 Å². The molecule has 2 aliphatic rings. The van der Waals surface area contributed by atoms with E-state index in [1.54, 1.807) is 25.3 Å². The molecule has 2 fully saturated rings. The van der Waals surface area contributed by atoms with Crippen molar-refractivity contribution in [3.63, 3.8) is 0 Å². The summed E-state index contributed by atoms with van der Waals surface area (Å²) in [5.41, 5.74) is 0. The maximum atomic E-state index is 11.9. The minimum atomic E-state index is 0. The van der Waals surface area contributed by atoms with Gasteiger partial charge in [-0.05, 0) is 37.3 Å². The molecule has 1 aromatic heterocycles. The quantitative estimate of drug-likeness (QED) is 0.315. The Kier molecular flexibility index (Phi) is 10.3. The molecule has 1 saturated carbocycles. The second-order valence-corrected chi connectivity index (χ2v) is 8.25. The van der Waals surface area contributed by atoms with Gasteiger partial charge in [0.25, 0.3) is 0 Å². The molecule has 1 amide bonds. The van der Waals surface area contributed by atoms with Gasteiger partial charge in [0.05, 0.1) is 6.26 Å². The van der Waals surface area contributed by atoms with Crippen LogP contribution >= 0.6 is 24.0 Å². The fourth-order valence-corrected chi connectivity index (χ4v) is 4.07. The Labute approximate surface area is 191 Å². The van der Waals surface area contributed by atoms with Crippen molar-refractivity contribution in [1.82, 2.24) is 20.4 Å². The molecule has 7 nitrogen and oxygen atoms in total. The summed E-state index contributed by atoms with van der Waals surface area (Å²) in [6.07, 6.45) is 9.17. The third-order valence-electron chi connectivity index (χ3n) is 5.72. The van der Waals surface area contributed by atoms with E-state index in [9.17, 15) is 4.79 Å². The average Bonchev–Trinajstić information content (AvgIpc) is 3.43. The summed E-state index contributed by atoms with van der Waals surface area (Å²) in [6.45, 7) is 4.30. The van der Waals surface area contributed by atoms with E-state index in [0.717, 1.165) is 43.6 Å². The third kappa shape index (κ3) is 8.16. The van der Waals surface area contributed by atoms with Crippen molar-refractivity contribution in [2.75, 3.05) is 46.8 Å². The van der Waals surface area contributed by atoms with Crippen LogP contribution in [0.15, 0.2) is 27.8 Å². The smallest absolute Gasteiger partial charge is 0.243 e. The second-order valence-electron chi connectivity index (χ2n) is 8.25. The van der Waals surface area contributed by atoms with Gasteiger partial charge in [-0.3, -0.25) is 4.79 Å². The van der Waals surface area contributed by atoms with E-state index in [0.29, 0.717) is 12.6 Å². The minimum Gasteiger partial charge on any atom is -0.469 e. The number of rotatable bonds is 8. The average molecular weight is 517 g/mol. The predicted molar refractivity (Wildman–Crippen MR) is 127 cm³/mol. The molecule has 0 radical (unpaired) electrons. The molecular weight excluding hydrogens is 481 g/mol. The second kappa shape index (κ2) is 12.4. The first-order chi connectivity index (χ1) is 13.6. The number of hydrogen-bond donors (Lipinski definition) is 2. The van der Waals surface area contributed by atoms with E-state index in [1.165, 1.54) is 32.2 Å². The number of halogens is 1. The van der Waals surface area contributed by atoms with Crippen molar-refractivity contribution in [2.24, 2.45) is 10.9 Å². The highest BCUT2D eigenvalue weighted by Crippen LogP contribution is 2.26. The molecule has 8 heteroatoms. The van der Waals surface area contributed by atoms with Gasteiger partial charge in [-0.15, -0.1) is 24.0 Å². The Morgan fingerprint density at radius 1 is 1.31 bits per heavy atom. The van der Waals surface area contributed by atoms with Gasteiger partial charge in [-0.1, -0.05) is 12.8 Å². The van der Waals surface area contributed by atoms with Crippen LogP contribution in [-0.2, 0) is 11.2 Å². The lowest BCUT2D eigenvalue weighted by molar-refractivity contribution is -0.127. The Morgan fingerprint density at radius 2 is 2.10 bits per heavy atom. The van der Waals surface area contributed by atoms with E-state index in [1.807, 2.05) is 12.1 Å². The number of furan rings is 1. The fourth-order valence-electron chi connectivity index (χ4n) is 4.07. The number of nitrogens with one attached hydrogen (secondary N) is 2. The van der Waals surface area contributed by atoms with Crippen molar-refractivity contribution in [1.29, 1.82) is 0 Å². The zero-order chi connectivity index (χ0) is 19.8. The molecule has 1 aliphatic heterocycles. The molecule has 164 valence electrons. The third-order valence-corrected chi connectivity index (χ3v) is 5.72. The van der Waals surface area contributed by atoms with E-state index in [4.69, 9.17) is 4.42 Å². The first-order valence-corrected chi connectivity index (χ1v) is 10.6. The van der Waals surface area contributed by atoms with Crippen molar-refractivity contribution in [2.45, 2.75) is 44.6 Å². The summed E-state index contributed by atoms with van der Waals surface area (Å²) in [5.74, 6) is 2.55. The number of guanidine groups is 1. The summed E-state index contributed by atoms with van der Waals surface area (Å²) < 4.78 is 5.39. The highest BCUT2D eigenvalue weighted by Gasteiger charge is 2.26. The van der Waals surface area contributed by atoms with Crippen LogP contribution in [0.3, 0.4) is 0 Å². The first kappa shape index (κ1) is 24.0. The number of likely N-dealkylation sites (tertiary alicyclic amines) is 1. The van der Waals surface area contributed by atoms with Crippen LogP contribution in [0, 0.1) is 5.92 Å². The zero-order valence-electron chi connectivity index (χ0n) is 17.7. The molecule has 1 aromatic rings. The number of nitrogens with zero attached hydrogens (tertiary/aromatic N) is 3. The van der Waals surface area contributed by atoms with Gasteiger partial charge in [0.15, 0.2) is 5.96 Å². The molecule has 1 saturated heterocycles. The molecule has 29 heavy (non-hydrogen) atoms. The number of carbonyl (C=O) groups is 1. The normalized spacial score (nSPS) is 20.5. The topological polar surface area (TPSA) is 73.1 Å². The predicted octanol–water partition coefficient (Wildman–Crippen LogP) is 2.33.